The lowest BCUT2D eigenvalue weighted by atomic mass is 9.86. The minimum Gasteiger partial charge on any atom is -0.508 e. The van der Waals surface area contributed by atoms with Crippen molar-refractivity contribution < 1.29 is 29.3 Å². The first-order valence-corrected chi connectivity index (χ1v) is 11.7. The van der Waals surface area contributed by atoms with Crippen LogP contribution in [0.25, 0.3) is 22.3 Å². The van der Waals surface area contributed by atoms with Gasteiger partial charge in [-0.05, 0) is 48.9 Å². The number of hydrogen-bond donors (Lipinski definition) is 2. The van der Waals surface area contributed by atoms with Crippen LogP contribution in [0.4, 0.5) is 0 Å². The summed E-state index contributed by atoms with van der Waals surface area (Å²) in [4.78, 5) is 40.3. The van der Waals surface area contributed by atoms with Crippen molar-refractivity contribution in [2.45, 2.75) is 39.0 Å². The Labute approximate surface area is 211 Å². The van der Waals surface area contributed by atoms with E-state index in [0.717, 1.165) is 22.2 Å². The maximum absolute atomic E-state index is 13.0. The summed E-state index contributed by atoms with van der Waals surface area (Å²) in [6.07, 6.45) is 0.139. The number of rotatable bonds is 2. The van der Waals surface area contributed by atoms with Crippen LogP contribution in [-0.2, 0) is 33.1 Å². The number of nitrogens with zero attached hydrogens (tertiary/aromatic N) is 2. The molecule has 2 N–H and O–H groups in total. The number of benzene rings is 2. The van der Waals surface area contributed by atoms with Gasteiger partial charge in [0, 0.05) is 23.4 Å². The van der Waals surface area contributed by atoms with E-state index in [1.54, 1.807) is 17.6 Å². The zero-order valence-corrected chi connectivity index (χ0v) is 20.2. The Balaban J connectivity index is 0.000000215. The van der Waals surface area contributed by atoms with E-state index >= 15 is 0 Å². The fourth-order valence-corrected chi connectivity index (χ4v) is 4.61. The molecule has 0 amide bonds. The van der Waals surface area contributed by atoms with Gasteiger partial charge in [0.15, 0.2) is 5.60 Å². The number of phenolic OH excluding ortho intramolecular Hbond substituents is 1. The van der Waals surface area contributed by atoms with Gasteiger partial charge in [0.25, 0.3) is 5.56 Å². The number of fused-ring (bicyclic) bond motifs is 5. The molecular formula is C28H24N2O7. The molecule has 0 saturated heterocycles. The van der Waals surface area contributed by atoms with E-state index in [4.69, 9.17) is 19.6 Å². The zero-order chi connectivity index (χ0) is 26.3. The second-order valence-corrected chi connectivity index (χ2v) is 8.88. The van der Waals surface area contributed by atoms with E-state index in [2.05, 4.69) is 0 Å². The lowest BCUT2D eigenvalue weighted by Crippen LogP contribution is -2.44. The Morgan fingerprint density at radius 3 is 2.57 bits per heavy atom. The highest BCUT2D eigenvalue weighted by molar-refractivity contribution is 5.86. The zero-order valence-electron chi connectivity index (χ0n) is 20.2. The van der Waals surface area contributed by atoms with Crippen molar-refractivity contribution in [3.05, 3.63) is 87.7 Å². The van der Waals surface area contributed by atoms with Gasteiger partial charge in [0.2, 0.25) is 0 Å². The van der Waals surface area contributed by atoms with E-state index in [-0.39, 0.29) is 30.3 Å². The molecule has 0 spiro atoms. The van der Waals surface area contributed by atoms with Gasteiger partial charge < -0.3 is 24.3 Å². The van der Waals surface area contributed by atoms with Crippen LogP contribution < -0.4 is 10.3 Å². The van der Waals surface area contributed by atoms with Crippen molar-refractivity contribution in [1.82, 2.24) is 9.55 Å². The molecule has 2 aliphatic heterocycles. The summed E-state index contributed by atoms with van der Waals surface area (Å²) in [5.74, 6) is -0.478. The van der Waals surface area contributed by atoms with Crippen LogP contribution in [0, 0.1) is 0 Å². The number of hydrogen-bond acceptors (Lipinski definition) is 8. The number of esters is 2. The van der Waals surface area contributed by atoms with Crippen LogP contribution in [0.1, 0.15) is 37.0 Å². The average Bonchev–Trinajstić information content (AvgIpc) is 3.24. The molecule has 2 aromatic heterocycles. The van der Waals surface area contributed by atoms with E-state index < -0.39 is 11.6 Å². The van der Waals surface area contributed by atoms with Gasteiger partial charge in [-0.3, -0.25) is 9.59 Å². The predicted octanol–water partition coefficient (Wildman–Crippen LogP) is 3.40. The first-order valence-electron chi connectivity index (χ1n) is 11.7. The fraction of sp³-hybridized carbons (Fsp3) is 0.214. The Morgan fingerprint density at radius 2 is 1.86 bits per heavy atom. The third kappa shape index (κ3) is 4.23. The molecule has 0 radical (unpaired) electrons. The average molecular weight is 501 g/mol. The Hall–Kier alpha value is -4.50. The van der Waals surface area contributed by atoms with Gasteiger partial charge in [-0.2, -0.15) is 0 Å². The van der Waals surface area contributed by atoms with E-state index in [1.165, 1.54) is 31.2 Å². The highest BCUT2D eigenvalue weighted by Gasteiger charge is 2.45. The molecule has 0 bridgehead atoms. The molecule has 2 aromatic carbocycles. The number of phenols is 1. The number of carbonyl (C=O) groups is 2. The molecule has 0 fully saturated rings. The van der Waals surface area contributed by atoms with E-state index in [0.29, 0.717) is 29.1 Å². The van der Waals surface area contributed by atoms with Gasteiger partial charge in [-0.25, -0.2) is 9.78 Å². The number of carbonyl (C=O) groups excluding carboxylic acids is 2. The molecule has 4 heterocycles. The number of aromatic hydroxyl groups is 1. The minimum atomic E-state index is -1.79. The van der Waals surface area contributed by atoms with Crippen LogP contribution in [-0.4, -0.2) is 31.7 Å². The number of aromatic nitrogens is 2. The second kappa shape index (κ2) is 9.18. The summed E-state index contributed by atoms with van der Waals surface area (Å²) in [5, 5.41) is 20.7. The largest absolute Gasteiger partial charge is 0.508 e. The molecule has 1 unspecified atom stereocenters. The van der Waals surface area contributed by atoms with Crippen molar-refractivity contribution in [2.24, 2.45) is 0 Å². The number of aliphatic hydroxyl groups is 1. The highest BCUT2D eigenvalue weighted by Crippen LogP contribution is 2.38. The van der Waals surface area contributed by atoms with Gasteiger partial charge >= 0.3 is 11.9 Å². The van der Waals surface area contributed by atoms with Crippen molar-refractivity contribution in [3.63, 3.8) is 0 Å². The predicted molar refractivity (Wildman–Crippen MR) is 134 cm³/mol. The minimum absolute atomic E-state index is 0.110. The normalized spacial score (nSPS) is 17.1. The van der Waals surface area contributed by atoms with Crippen LogP contribution in [0.2, 0.25) is 0 Å². The third-order valence-electron chi connectivity index (χ3n) is 6.52. The molecular weight excluding hydrogens is 476 g/mol. The molecule has 188 valence electrons. The van der Waals surface area contributed by atoms with Gasteiger partial charge in [-0.1, -0.05) is 25.1 Å². The lowest BCUT2D eigenvalue weighted by molar-refractivity contribution is -0.172. The summed E-state index contributed by atoms with van der Waals surface area (Å²) < 4.78 is 11.4. The van der Waals surface area contributed by atoms with Crippen LogP contribution in [0.3, 0.4) is 0 Å². The van der Waals surface area contributed by atoms with Crippen molar-refractivity contribution in [3.8, 4) is 22.9 Å². The van der Waals surface area contributed by atoms with Crippen LogP contribution >= 0.6 is 0 Å². The SMILES string of the molecule is CC(=O)Oc1ccc(O)cc1.CCC1(O)C(=O)OCc2c1cc1n(c2=O)Cc2cc3ccccc3nc2-1. The molecule has 9 heteroatoms. The number of ether oxygens (including phenoxy) is 2. The Bertz CT molecular complexity index is 1610. The van der Waals surface area contributed by atoms with Gasteiger partial charge in [0.05, 0.1) is 29.0 Å². The molecule has 37 heavy (non-hydrogen) atoms. The fourth-order valence-electron chi connectivity index (χ4n) is 4.61. The molecule has 2 aliphatic rings. The summed E-state index contributed by atoms with van der Waals surface area (Å²) in [5.41, 5.74) is 1.81. The van der Waals surface area contributed by atoms with E-state index in [9.17, 15) is 19.5 Å². The summed E-state index contributed by atoms with van der Waals surface area (Å²) in [6.45, 7) is 3.34. The maximum atomic E-state index is 13.0. The Morgan fingerprint density at radius 1 is 1.14 bits per heavy atom. The second-order valence-electron chi connectivity index (χ2n) is 8.88. The van der Waals surface area contributed by atoms with Crippen LogP contribution in [0.5, 0.6) is 11.5 Å². The first kappa shape index (κ1) is 24.2. The summed E-state index contributed by atoms with van der Waals surface area (Å²) in [6, 6.07) is 17.5. The molecule has 1 atom stereocenters. The quantitative estimate of drug-likeness (QED) is 0.279. The van der Waals surface area contributed by atoms with Crippen molar-refractivity contribution in [2.75, 3.05) is 0 Å². The summed E-state index contributed by atoms with van der Waals surface area (Å²) in [7, 11) is 0. The van der Waals surface area contributed by atoms with Gasteiger partial charge in [0.1, 0.15) is 18.1 Å². The summed E-state index contributed by atoms with van der Waals surface area (Å²) >= 11 is 0. The maximum Gasteiger partial charge on any atom is 0.343 e. The number of pyridine rings is 2. The highest BCUT2D eigenvalue weighted by atomic mass is 16.6. The van der Waals surface area contributed by atoms with Crippen molar-refractivity contribution >= 4 is 22.8 Å². The molecule has 4 aromatic rings. The monoisotopic (exact) mass is 500 g/mol. The molecule has 0 saturated carbocycles. The first-order chi connectivity index (χ1) is 17.7. The Kier molecular flexibility index (Phi) is 6.01. The standard InChI is InChI=1S/C20H16N2O4.C8H8O3/c1-2-20(25)14-8-16-17-12(7-11-5-3-4-6-15(11)21-17)9-22(16)18(23)13(14)10-26-19(20)24;1-6(9)11-8-4-2-7(10)3-5-8/h3-8,25H,2,9-10H2,1H3;2-5,10H,1H3. The van der Waals surface area contributed by atoms with Gasteiger partial charge in [-0.15, -0.1) is 0 Å². The third-order valence-corrected chi connectivity index (χ3v) is 6.52. The molecule has 6 rings (SSSR count). The molecule has 9 nitrogen and oxygen atoms in total. The topological polar surface area (TPSA) is 128 Å². The molecule has 0 aliphatic carbocycles. The van der Waals surface area contributed by atoms with E-state index in [1.807, 2.05) is 30.3 Å². The number of cyclic esters (lactones) is 1. The van der Waals surface area contributed by atoms with Crippen LogP contribution in [0.15, 0.2) is 65.5 Å². The lowest BCUT2D eigenvalue weighted by Gasteiger charge is -2.31. The van der Waals surface area contributed by atoms with Crippen molar-refractivity contribution in [1.29, 1.82) is 0 Å². The smallest absolute Gasteiger partial charge is 0.343 e. The number of para-hydroxylation sites is 1.